The van der Waals surface area contributed by atoms with Crippen molar-refractivity contribution >= 4 is 40.9 Å². The van der Waals surface area contributed by atoms with E-state index in [9.17, 15) is 23.9 Å². The van der Waals surface area contributed by atoms with E-state index >= 15 is 4.79 Å². The Labute approximate surface area is 286 Å². The lowest BCUT2D eigenvalue weighted by molar-refractivity contribution is -0.142. The minimum Gasteiger partial charge on any atom is -0.508 e. The minimum atomic E-state index is -1.56. The summed E-state index contributed by atoms with van der Waals surface area (Å²) in [6.45, 7) is 0.140. The van der Waals surface area contributed by atoms with Gasteiger partial charge in [-0.15, -0.1) is 0 Å². The van der Waals surface area contributed by atoms with Gasteiger partial charge in [0.1, 0.15) is 11.6 Å². The Morgan fingerprint density at radius 2 is 1.51 bits per heavy atom. The van der Waals surface area contributed by atoms with E-state index in [1.165, 1.54) is 35.2 Å². The second-order valence-electron chi connectivity index (χ2n) is 13.2. The molecule has 1 saturated carbocycles. The molecule has 2 saturated heterocycles. The molecule has 246 valence electrons. The highest BCUT2D eigenvalue weighted by molar-refractivity contribution is 6.30. The highest BCUT2D eigenvalue weighted by Gasteiger charge is 2.70. The fraction of sp³-hybridized carbons (Fsp3) is 0.231. The van der Waals surface area contributed by atoms with Gasteiger partial charge in [-0.3, -0.25) is 29.5 Å². The molecule has 0 spiro atoms. The highest BCUT2D eigenvalue weighted by atomic mass is 35.5. The van der Waals surface area contributed by atoms with E-state index in [-0.39, 0.29) is 37.0 Å². The van der Waals surface area contributed by atoms with E-state index < -0.39 is 52.6 Å². The summed E-state index contributed by atoms with van der Waals surface area (Å²) in [6.07, 6.45) is 2.34. The summed E-state index contributed by atoms with van der Waals surface area (Å²) in [6, 6.07) is 28.1. The number of halogens is 2. The molecule has 4 aromatic carbocycles. The highest BCUT2D eigenvalue weighted by Crippen LogP contribution is 2.64. The number of amides is 4. The van der Waals surface area contributed by atoms with Gasteiger partial charge in [-0.25, -0.2) is 4.39 Å². The number of rotatable bonds is 6. The number of phenols is 1. The van der Waals surface area contributed by atoms with Crippen LogP contribution in [0.4, 0.5) is 10.1 Å². The Morgan fingerprint density at radius 3 is 2.22 bits per heavy atom. The first-order valence-corrected chi connectivity index (χ1v) is 16.6. The van der Waals surface area contributed by atoms with Crippen molar-refractivity contribution in [2.75, 3.05) is 5.43 Å². The molecule has 8 nitrogen and oxygen atoms in total. The molecular weight excluding hydrogens is 645 g/mol. The summed E-state index contributed by atoms with van der Waals surface area (Å²) in [5, 5.41) is 12.8. The van der Waals surface area contributed by atoms with E-state index in [4.69, 9.17) is 11.6 Å². The molecule has 2 aliphatic carbocycles. The zero-order valence-corrected chi connectivity index (χ0v) is 26.9. The minimum absolute atomic E-state index is 0.0621. The fourth-order valence-corrected chi connectivity index (χ4v) is 8.84. The number of carbonyl (C=O) groups excluding carboxylic acids is 4. The Balaban J connectivity index is 1.30. The van der Waals surface area contributed by atoms with Gasteiger partial charge in [0.25, 0.3) is 11.8 Å². The van der Waals surface area contributed by atoms with Gasteiger partial charge in [-0.2, -0.15) is 5.01 Å². The summed E-state index contributed by atoms with van der Waals surface area (Å²) in [5.74, 6) is -5.95. The van der Waals surface area contributed by atoms with Gasteiger partial charge < -0.3 is 5.11 Å². The zero-order valence-electron chi connectivity index (χ0n) is 26.1. The average Bonchev–Trinajstić information content (AvgIpc) is 3.47. The van der Waals surface area contributed by atoms with E-state index in [0.29, 0.717) is 21.8 Å². The molecule has 0 radical (unpaired) electrons. The number of anilines is 1. The summed E-state index contributed by atoms with van der Waals surface area (Å²) in [7, 11) is 0. The van der Waals surface area contributed by atoms with Crippen LogP contribution in [-0.2, 0) is 31.1 Å². The van der Waals surface area contributed by atoms with Crippen molar-refractivity contribution in [1.29, 1.82) is 0 Å². The molecule has 2 N–H and O–H groups in total. The monoisotopic (exact) mass is 675 g/mol. The van der Waals surface area contributed by atoms with Gasteiger partial charge in [0.15, 0.2) is 0 Å². The first kappa shape index (κ1) is 31.0. The molecule has 4 aromatic rings. The van der Waals surface area contributed by atoms with Crippen molar-refractivity contribution in [2.45, 2.75) is 30.7 Å². The third-order valence-corrected chi connectivity index (χ3v) is 11.0. The number of imide groups is 2. The predicted octanol–water partition coefficient (Wildman–Crippen LogP) is 6.37. The molecule has 6 atom stereocenters. The van der Waals surface area contributed by atoms with Crippen LogP contribution in [0, 0.1) is 29.5 Å². The topological polar surface area (TPSA) is 107 Å². The largest absolute Gasteiger partial charge is 0.508 e. The van der Waals surface area contributed by atoms with Crippen molar-refractivity contribution < 1.29 is 28.7 Å². The van der Waals surface area contributed by atoms with Gasteiger partial charge in [0, 0.05) is 16.5 Å². The first-order valence-electron chi connectivity index (χ1n) is 16.2. The lowest BCUT2D eigenvalue weighted by atomic mass is 9.49. The molecule has 3 fully saturated rings. The van der Waals surface area contributed by atoms with Crippen LogP contribution in [0.2, 0.25) is 5.02 Å². The standard InChI is InChI=1S/C39H31ClFN3O5/c40-24-12-10-23(11-13-24)39-31(36(47)44(38(39)49)42-26-16-14-25(41)15-17-26)20-30-27(34(39)28-8-4-5-9-32(28)45)18-19-29-33(30)37(48)43(35(29)46)21-22-6-2-1-3-7-22/h1-18,29-31,33-34,42,45H,19-21H2. The molecule has 0 aromatic heterocycles. The van der Waals surface area contributed by atoms with E-state index in [0.717, 1.165) is 16.1 Å². The number of benzene rings is 4. The first-order chi connectivity index (χ1) is 23.7. The molecule has 2 heterocycles. The molecule has 10 heteroatoms. The van der Waals surface area contributed by atoms with Crippen LogP contribution in [-0.4, -0.2) is 38.6 Å². The Morgan fingerprint density at radius 1 is 0.816 bits per heavy atom. The number of allylic oxidation sites excluding steroid dienone is 2. The van der Waals surface area contributed by atoms with E-state index in [1.807, 2.05) is 36.4 Å². The van der Waals surface area contributed by atoms with Gasteiger partial charge in [-0.05, 0) is 72.4 Å². The Hall–Kier alpha value is -5.28. The maximum absolute atomic E-state index is 15.1. The number of hydrogen-bond acceptors (Lipinski definition) is 6. The van der Waals surface area contributed by atoms with Crippen molar-refractivity contribution in [3.8, 4) is 5.75 Å². The number of carbonyl (C=O) groups is 4. The van der Waals surface area contributed by atoms with Crippen LogP contribution < -0.4 is 5.43 Å². The molecule has 4 aliphatic rings. The molecule has 49 heavy (non-hydrogen) atoms. The van der Waals surface area contributed by atoms with Crippen molar-refractivity contribution in [3.63, 3.8) is 0 Å². The van der Waals surface area contributed by atoms with E-state index in [2.05, 4.69) is 5.43 Å². The van der Waals surface area contributed by atoms with Crippen molar-refractivity contribution in [3.05, 3.63) is 142 Å². The number of nitrogens with one attached hydrogen (secondary N) is 1. The van der Waals surface area contributed by atoms with E-state index in [1.54, 1.807) is 42.5 Å². The smallest absolute Gasteiger partial charge is 0.260 e. The van der Waals surface area contributed by atoms with Gasteiger partial charge in [0.05, 0.1) is 35.4 Å². The molecular formula is C39H31ClFN3O5. The fourth-order valence-electron chi connectivity index (χ4n) is 8.72. The SMILES string of the molecule is O=C1C2CC=C3C(CC4C(=O)N(Nc5ccc(F)cc5)C(=O)C4(c4ccc(Cl)cc4)C3c3ccccc3O)C2C(=O)N1Cc1ccccc1. The lowest BCUT2D eigenvalue weighted by Gasteiger charge is -2.50. The molecule has 2 aliphatic heterocycles. The zero-order chi connectivity index (χ0) is 34.0. The number of hydrazine groups is 1. The summed E-state index contributed by atoms with van der Waals surface area (Å²) in [4.78, 5) is 59.2. The second-order valence-corrected chi connectivity index (χ2v) is 13.6. The van der Waals surface area contributed by atoms with Crippen LogP contribution in [0.5, 0.6) is 5.75 Å². The summed E-state index contributed by atoms with van der Waals surface area (Å²) < 4.78 is 13.8. The number of aromatic hydroxyl groups is 1. The number of para-hydroxylation sites is 1. The van der Waals surface area contributed by atoms with Crippen molar-refractivity contribution in [1.82, 2.24) is 9.91 Å². The van der Waals surface area contributed by atoms with Crippen LogP contribution in [0.15, 0.2) is 115 Å². The number of phenolic OH excluding ortho intramolecular Hbond substituents is 1. The Bertz CT molecular complexity index is 2040. The van der Waals surface area contributed by atoms with Crippen LogP contribution in [0.1, 0.15) is 35.4 Å². The third-order valence-electron chi connectivity index (χ3n) is 10.8. The number of likely N-dealkylation sites (tertiary alicyclic amines) is 1. The number of nitrogens with zero attached hydrogens (tertiary/aromatic N) is 2. The maximum Gasteiger partial charge on any atom is 0.260 e. The molecule has 0 bridgehead atoms. The number of fused-ring (bicyclic) bond motifs is 4. The van der Waals surface area contributed by atoms with Gasteiger partial charge >= 0.3 is 0 Å². The summed E-state index contributed by atoms with van der Waals surface area (Å²) in [5.41, 5.74) is 4.22. The predicted molar refractivity (Wildman–Crippen MR) is 179 cm³/mol. The lowest BCUT2D eigenvalue weighted by Crippen LogP contribution is -2.53. The average molecular weight is 676 g/mol. The molecule has 8 rings (SSSR count). The van der Waals surface area contributed by atoms with Gasteiger partial charge in [-0.1, -0.05) is 83.9 Å². The number of hydrogen-bond donors (Lipinski definition) is 2. The second kappa shape index (κ2) is 11.7. The molecule has 6 unspecified atom stereocenters. The third kappa shape index (κ3) is 4.70. The normalized spacial score (nSPS) is 27.5. The van der Waals surface area contributed by atoms with Crippen LogP contribution in [0.25, 0.3) is 0 Å². The van der Waals surface area contributed by atoms with Crippen LogP contribution in [0.3, 0.4) is 0 Å². The maximum atomic E-state index is 15.1. The quantitative estimate of drug-likeness (QED) is 0.182. The summed E-state index contributed by atoms with van der Waals surface area (Å²) >= 11 is 6.33. The van der Waals surface area contributed by atoms with Crippen LogP contribution >= 0.6 is 11.6 Å². The van der Waals surface area contributed by atoms with Crippen molar-refractivity contribution in [2.24, 2.45) is 23.7 Å². The Kier molecular flexibility index (Phi) is 7.41. The molecule has 4 amide bonds. The van der Waals surface area contributed by atoms with Gasteiger partial charge in [0.2, 0.25) is 11.8 Å².